The molecule has 2 aliphatic rings. The smallest absolute Gasteiger partial charge is 0.409 e. The number of aromatic nitrogens is 3. The number of aliphatic hydroxyl groups is 1. The Morgan fingerprint density at radius 1 is 1.21 bits per heavy atom. The molecule has 9 nitrogen and oxygen atoms in total. The van der Waals surface area contributed by atoms with Crippen LogP contribution < -0.4 is 4.90 Å². The SMILES string of the molecule is CCc1nc2n(c1N(C)c1nc(-c3ccc(F)cc3)cs1)C=C(N1CCN(C(=O)OCCO)CC1)C(C)C2. The van der Waals surface area contributed by atoms with Gasteiger partial charge in [-0.2, -0.15) is 0 Å². The van der Waals surface area contributed by atoms with Gasteiger partial charge in [-0.15, -0.1) is 11.3 Å². The molecule has 0 radical (unpaired) electrons. The third-order valence-electron chi connectivity index (χ3n) is 7.07. The summed E-state index contributed by atoms with van der Waals surface area (Å²) in [6, 6.07) is 6.39. The molecule has 0 saturated carbocycles. The van der Waals surface area contributed by atoms with E-state index in [0.717, 1.165) is 46.6 Å². The molecule has 2 aromatic heterocycles. The van der Waals surface area contributed by atoms with Crippen LogP contribution in [0.3, 0.4) is 0 Å². The minimum atomic E-state index is -0.374. The van der Waals surface area contributed by atoms with Gasteiger partial charge in [0, 0.05) is 68.4 Å². The van der Waals surface area contributed by atoms with Crippen molar-refractivity contribution < 1.29 is 19.0 Å². The van der Waals surface area contributed by atoms with E-state index < -0.39 is 0 Å². The van der Waals surface area contributed by atoms with E-state index in [-0.39, 0.29) is 25.1 Å². The molecule has 1 unspecified atom stereocenters. The summed E-state index contributed by atoms with van der Waals surface area (Å²) in [5, 5.41) is 11.7. The zero-order valence-corrected chi connectivity index (χ0v) is 22.7. The number of imidazole rings is 1. The van der Waals surface area contributed by atoms with Crippen molar-refractivity contribution in [2.75, 3.05) is 51.3 Å². The number of piperazine rings is 1. The first kappa shape index (κ1) is 26.2. The first-order valence-corrected chi connectivity index (χ1v) is 13.8. The molecule has 38 heavy (non-hydrogen) atoms. The maximum Gasteiger partial charge on any atom is 0.409 e. The molecular weight excluding hydrogens is 507 g/mol. The van der Waals surface area contributed by atoms with E-state index in [2.05, 4.69) is 34.4 Å². The van der Waals surface area contributed by atoms with Crippen LogP contribution in [0.4, 0.5) is 20.1 Å². The zero-order valence-electron chi connectivity index (χ0n) is 21.9. The van der Waals surface area contributed by atoms with Crippen LogP contribution in [-0.4, -0.2) is 82.0 Å². The number of fused-ring (bicyclic) bond motifs is 1. The summed E-state index contributed by atoms with van der Waals surface area (Å²) >= 11 is 1.55. The number of hydrogen-bond acceptors (Lipinski definition) is 8. The number of hydrogen-bond donors (Lipinski definition) is 1. The Morgan fingerprint density at radius 2 is 1.95 bits per heavy atom. The van der Waals surface area contributed by atoms with E-state index in [9.17, 15) is 9.18 Å². The molecule has 0 bridgehead atoms. The molecule has 1 N–H and O–H groups in total. The van der Waals surface area contributed by atoms with Gasteiger partial charge in [0.05, 0.1) is 18.0 Å². The van der Waals surface area contributed by atoms with Crippen molar-refractivity contribution in [2.24, 2.45) is 5.92 Å². The molecule has 1 amide bonds. The standard InChI is InChI=1S/C27H33FN6O3S/c1-4-21-25(31(3)26-30-22(17-38-26)19-5-7-20(28)8-6-19)34-16-23(18(2)15-24(34)29-21)32-9-11-33(12-10-32)27(36)37-14-13-35/h5-8,16-18,35H,4,9-15H2,1-3H3. The number of benzene rings is 1. The maximum absolute atomic E-state index is 13.4. The van der Waals surface area contributed by atoms with Gasteiger partial charge in [-0.3, -0.25) is 4.57 Å². The number of ether oxygens (including phenoxy) is 1. The van der Waals surface area contributed by atoms with Gasteiger partial charge in [0.1, 0.15) is 24.1 Å². The van der Waals surface area contributed by atoms with E-state index in [4.69, 9.17) is 19.8 Å². The minimum Gasteiger partial charge on any atom is -0.447 e. The van der Waals surface area contributed by atoms with Crippen molar-refractivity contribution in [3.8, 4) is 11.3 Å². The summed E-state index contributed by atoms with van der Waals surface area (Å²) in [4.78, 5) is 28.1. The molecule has 2 aliphatic heterocycles. The summed E-state index contributed by atoms with van der Waals surface area (Å²) in [6.07, 6.45) is 3.43. The monoisotopic (exact) mass is 540 g/mol. The number of rotatable bonds is 7. The van der Waals surface area contributed by atoms with Crippen molar-refractivity contribution in [3.63, 3.8) is 0 Å². The number of carbonyl (C=O) groups excluding carboxylic acids is 1. The number of aliphatic hydroxyl groups excluding tert-OH is 1. The van der Waals surface area contributed by atoms with Gasteiger partial charge in [0.2, 0.25) is 0 Å². The number of halogens is 1. The Labute approximate surface area is 225 Å². The molecule has 4 heterocycles. The van der Waals surface area contributed by atoms with Crippen LogP contribution in [0.2, 0.25) is 0 Å². The fourth-order valence-corrected chi connectivity index (χ4v) is 5.86. The van der Waals surface area contributed by atoms with E-state index in [0.29, 0.717) is 32.1 Å². The Balaban J connectivity index is 1.39. The molecular formula is C27H33FN6O3S. The summed E-state index contributed by atoms with van der Waals surface area (Å²) in [5.41, 5.74) is 3.93. The Morgan fingerprint density at radius 3 is 2.63 bits per heavy atom. The lowest BCUT2D eigenvalue weighted by Crippen LogP contribution is -2.49. The Bertz CT molecular complexity index is 1310. The van der Waals surface area contributed by atoms with Crippen LogP contribution in [0.5, 0.6) is 0 Å². The maximum atomic E-state index is 13.4. The molecule has 3 aromatic rings. The largest absolute Gasteiger partial charge is 0.447 e. The first-order valence-electron chi connectivity index (χ1n) is 12.9. The topological polar surface area (TPSA) is 87.0 Å². The van der Waals surface area contributed by atoms with E-state index in [1.54, 1.807) is 28.4 Å². The molecule has 0 spiro atoms. The predicted molar refractivity (Wildman–Crippen MR) is 146 cm³/mol. The van der Waals surface area contributed by atoms with Crippen LogP contribution in [0, 0.1) is 11.7 Å². The van der Waals surface area contributed by atoms with Crippen molar-refractivity contribution >= 4 is 34.6 Å². The average molecular weight is 541 g/mol. The van der Waals surface area contributed by atoms with Gasteiger partial charge in [-0.05, 0) is 30.7 Å². The fraction of sp³-hybridized carbons (Fsp3) is 0.444. The van der Waals surface area contributed by atoms with Crippen molar-refractivity contribution in [1.29, 1.82) is 0 Å². The van der Waals surface area contributed by atoms with Crippen LogP contribution in [0.25, 0.3) is 17.5 Å². The third-order valence-corrected chi connectivity index (χ3v) is 7.99. The van der Waals surface area contributed by atoms with Gasteiger partial charge < -0.3 is 24.5 Å². The quantitative estimate of drug-likeness (QED) is 0.480. The summed E-state index contributed by atoms with van der Waals surface area (Å²) < 4.78 is 20.6. The van der Waals surface area contributed by atoms with Crippen LogP contribution in [0.15, 0.2) is 35.3 Å². The molecule has 202 valence electrons. The molecule has 11 heteroatoms. The van der Waals surface area contributed by atoms with E-state index in [1.165, 1.54) is 17.8 Å². The Kier molecular flexibility index (Phi) is 7.66. The Hall–Kier alpha value is -3.44. The predicted octanol–water partition coefficient (Wildman–Crippen LogP) is 4.21. The number of aryl methyl sites for hydroxylation is 1. The lowest BCUT2D eigenvalue weighted by atomic mass is 9.99. The highest BCUT2D eigenvalue weighted by Gasteiger charge is 2.31. The fourth-order valence-electron chi connectivity index (χ4n) is 5.06. The molecule has 5 rings (SSSR count). The van der Waals surface area contributed by atoms with E-state index in [1.807, 2.05) is 12.4 Å². The van der Waals surface area contributed by atoms with Gasteiger partial charge in [0.15, 0.2) is 5.13 Å². The highest BCUT2D eigenvalue weighted by Crippen LogP contribution is 2.37. The highest BCUT2D eigenvalue weighted by atomic mass is 32.1. The van der Waals surface area contributed by atoms with Gasteiger partial charge in [-0.25, -0.2) is 19.2 Å². The third kappa shape index (κ3) is 5.12. The lowest BCUT2D eigenvalue weighted by molar-refractivity contribution is 0.0681. The zero-order chi connectivity index (χ0) is 26.8. The number of allylic oxidation sites excluding steroid dienone is 1. The lowest BCUT2D eigenvalue weighted by Gasteiger charge is -2.39. The second-order valence-corrected chi connectivity index (χ2v) is 10.4. The molecule has 1 saturated heterocycles. The second kappa shape index (κ2) is 11.1. The van der Waals surface area contributed by atoms with Gasteiger partial charge >= 0.3 is 6.09 Å². The first-order chi connectivity index (χ1) is 18.4. The number of thiazole rings is 1. The van der Waals surface area contributed by atoms with Crippen molar-refractivity contribution in [2.45, 2.75) is 26.7 Å². The number of anilines is 2. The minimum absolute atomic E-state index is 0.0190. The number of carbonyl (C=O) groups is 1. The summed E-state index contributed by atoms with van der Waals surface area (Å²) in [7, 11) is 2.01. The van der Waals surface area contributed by atoms with Crippen LogP contribution in [-0.2, 0) is 17.6 Å². The van der Waals surface area contributed by atoms with Gasteiger partial charge in [0.25, 0.3) is 0 Å². The van der Waals surface area contributed by atoms with E-state index >= 15 is 0 Å². The summed E-state index contributed by atoms with van der Waals surface area (Å²) in [5.74, 6) is 2.06. The number of nitrogens with zero attached hydrogens (tertiary/aromatic N) is 6. The van der Waals surface area contributed by atoms with Gasteiger partial charge in [-0.1, -0.05) is 13.8 Å². The highest BCUT2D eigenvalue weighted by molar-refractivity contribution is 7.14. The van der Waals surface area contributed by atoms with Crippen LogP contribution in [0.1, 0.15) is 25.4 Å². The van der Waals surface area contributed by atoms with Crippen molar-refractivity contribution in [3.05, 3.63) is 52.7 Å². The molecule has 1 aromatic carbocycles. The van der Waals surface area contributed by atoms with Crippen LogP contribution >= 0.6 is 11.3 Å². The normalized spacial score (nSPS) is 17.3. The molecule has 1 fully saturated rings. The second-order valence-electron chi connectivity index (χ2n) is 9.57. The number of amides is 1. The average Bonchev–Trinajstić information content (AvgIpc) is 3.56. The summed E-state index contributed by atoms with van der Waals surface area (Å²) in [6.45, 7) is 6.76. The molecule has 0 aliphatic carbocycles. The van der Waals surface area contributed by atoms with Crippen molar-refractivity contribution in [1.82, 2.24) is 24.3 Å². The molecule has 1 atom stereocenters.